The van der Waals surface area contributed by atoms with Gasteiger partial charge in [0.25, 0.3) is 0 Å². The third-order valence-electron chi connectivity index (χ3n) is 5.55. The maximum Gasteiger partial charge on any atom is 0.170 e. The first-order chi connectivity index (χ1) is 10.1. The number of piperazine rings is 1. The van der Waals surface area contributed by atoms with Crippen molar-refractivity contribution in [2.24, 2.45) is 0 Å². The molecule has 0 aromatic rings. The predicted molar refractivity (Wildman–Crippen MR) is 83.4 cm³/mol. The van der Waals surface area contributed by atoms with Crippen LogP contribution in [-0.2, 0) is 9.47 Å². The van der Waals surface area contributed by atoms with Crippen molar-refractivity contribution in [3.8, 4) is 0 Å². The number of likely N-dealkylation sites (N-methyl/N-ethyl adjacent to an activating group) is 1. The van der Waals surface area contributed by atoms with E-state index in [1.54, 1.807) is 0 Å². The third-order valence-corrected chi connectivity index (χ3v) is 5.55. The molecular formula is C16H31N3O2. The smallest absolute Gasteiger partial charge is 0.170 e. The minimum atomic E-state index is -0.285. The molecule has 21 heavy (non-hydrogen) atoms. The Bertz CT molecular complexity index is 336. The fraction of sp³-hybridized carbons (Fsp3) is 1.00. The zero-order chi connectivity index (χ0) is 14.9. The van der Waals surface area contributed by atoms with Crippen molar-refractivity contribution in [2.45, 2.75) is 57.0 Å². The van der Waals surface area contributed by atoms with Crippen LogP contribution in [0.4, 0.5) is 0 Å². The van der Waals surface area contributed by atoms with Crippen LogP contribution in [0.3, 0.4) is 0 Å². The second kappa shape index (κ2) is 6.50. The summed E-state index contributed by atoms with van der Waals surface area (Å²) in [5.41, 5.74) is 0. The van der Waals surface area contributed by atoms with E-state index in [9.17, 15) is 0 Å². The maximum absolute atomic E-state index is 5.97. The van der Waals surface area contributed by atoms with Crippen molar-refractivity contribution < 1.29 is 9.47 Å². The van der Waals surface area contributed by atoms with Crippen molar-refractivity contribution >= 4 is 0 Å². The van der Waals surface area contributed by atoms with Crippen molar-refractivity contribution in [1.29, 1.82) is 0 Å². The summed E-state index contributed by atoms with van der Waals surface area (Å²) < 4.78 is 11.9. The Morgan fingerprint density at radius 2 is 1.76 bits per heavy atom. The van der Waals surface area contributed by atoms with E-state index in [4.69, 9.17) is 9.47 Å². The summed E-state index contributed by atoms with van der Waals surface area (Å²) in [6.07, 6.45) is 3.19. The molecule has 0 radical (unpaired) electrons. The van der Waals surface area contributed by atoms with E-state index in [1.807, 2.05) is 0 Å². The van der Waals surface area contributed by atoms with Crippen molar-refractivity contribution in [3.05, 3.63) is 0 Å². The zero-order valence-electron chi connectivity index (χ0n) is 13.8. The van der Waals surface area contributed by atoms with Gasteiger partial charge >= 0.3 is 0 Å². The van der Waals surface area contributed by atoms with Gasteiger partial charge < -0.3 is 14.8 Å². The summed E-state index contributed by atoms with van der Waals surface area (Å²) in [6, 6.07) is 1.76. The lowest BCUT2D eigenvalue weighted by Crippen LogP contribution is -2.61. The summed E-state index contributed by atoms with van der Waals surface area (Å²) >= 11 is 0. The van der Waals surface area contributed by atoms with Crippen molar-refractivity contribution in [2.75, 3.05) is 46.4 Å². The number of rotatable bonds is 3. The van der Waals surface area contributed by atoms with Gasteiger partial charge in [-0.15, -0.1) is 0 Å². The monoisotopic (exact) mass is 297 g/mol. The molecular weight excluding hydrogens is 266 g/mol. The summed E-state index contributed by atoms with van der Waals surface area (Å²) in [4.78, 5) is 5.23. The molecule has 2 saturated heterocycles. The SMILES string of the molecule is CNC1CCC2(CC1N1CCN(C(C)C)CC1)OCCO2. The molecule has 2 aliphatic heterocycles. The first-order valence-corrected chi connectivity index (χ1v) is 8.57. The van der Waals surface area contributed by atoms with Crippen LogP contribution in [0.1, 0.15) is 33.1 Å². The molecule has 0 aromatic carbocycles. The first kappa shape index (κ1) is 15.7. The Balaban J connectivity index is 1.64. The highest BCUT2D eigenvalue weighted by atomic mass is 16.7. The Hall–Kier alpha value is -0.200. The molecule has 5 nitrogen and oxygen atoms in total. The van der Waals surface area contributed by atoms with Gasteiger partial charge in [0.2, 0.25) is 0 Å². The average molecular weight is 297 g/mol. The van der Waals surface area contributed by atoms with E-state index in [0.717, 1.165) is 45.6 Å². The lowest BCUT2D eigenvalue weighted by Gasteiger charge is -2.48. The second-order valence-corrected chi connectivity index (χ2v) is 6.98. The third kappa shape index (κ3) is 3.27. The highest BCUT2D eigenvalue weighted by Crippen LogP contribution is 2.38. The van der Waals surface area contributed by atoms with E-state index >= 15 is 0 Å². The summed E-state index contributed by atoms with van der Waals surface area (Å²) in [5, 5.41) is 3.53. The van der Waals surface area contributed by atoms with Crippen LogP contribution in [0, 0.1) is 0 Å². The fourth-order valence-corrected chi connectivity index (χ4v) is 4.20. The molecule has 122 valence electrons. The van der Waals surface area contributed by atoms with E-state index in [1.165, 1.54) is 13.1 Å². The molecule has 3 aliphatic rings. The Labute approximate surface area is 128 Å². The largest absolute Gasteiger partial charge is 0.347 e. The number of hydrogen-bond acceptors (Lipinski definition) is 5. The Kier molecular flexibility index (Phi) is 4.86. The number of nitrogens with one attached hydrogen (secondary N) is 1. The minimum absolute atomic E-state index is 0.285. The van der Waals surface area contributed by atoms with Crippen LogP contribution in [-0.4, -0.2) is 80.2 Å². The lowest BCUT2D eigenvalue weighted by atomic mass is 9.84. The predicted octanol–water partition coefficient (Wildman–Crippen LogP) is 0.896. The van der Waals surface area contributed by atoms with Crippen molar-refractivity contribution in [1.82, 2.24) is 15.1 Å². The van der Waals surface area contributed by atoms with Crippen molar-refractivity contribution in [3.63, 3.8) is 0 Å². The number of hydrogen-bond donors (Lipinski definition) is 1. The van der Waals surface area contributed by atoms with Gasteiger partial charge in [0.15, 0.2) is 5.79 Å². The number of nitrogens with zero attached hydrogens (tertiary/aromatic N) is 2. The second-order valence-electron chi connectivity index (χ2n) is 6.98. The van der Waals surface area contributed by atoms with Gasteiger partial charge in [0, 0.05) is 57.1 Å². The van der Waals surface area contributed by atoms with Gasteiger partial charge in [0.1, 0.15) is 0 Å². The fourth-order valence-electron chi connectivity index (χ4n) is 4.20. The molecule has 2 heterocycles. The van der Waals surface area contributed by atoms with E-state index in [0.29, 0.717) is 18.1 Å². The molecule has 2 atom stereocenters. The van der Waals surface area contributed by atoms with Crippen LogP contribution in [0.5, 0.6) is 0 Å². The van der Waals surface area contributed by atoms with Crippen LogP contribution < -0.4 is 5.32 Å². The van der Waals surface area contributed by atoms with Crippen LogP contribution >= 0.6 is 0 Å². The number of ether oxygens (including phenoxy) is 2. The van der Waals surface area contributed by atoms with E-state index in [2.05, 4.69) is 36.0 Å². The standard InChI is InChI=1S/C16H31N3O2/c1-13(2)18-6-8-19(9-7-18)15-12-16(20-10-11-21-16)5-4-14(15)17-3/h13-15,17H,4-12H2,1-3H3. The molecule has 5 heteroatoms. The normalized spacial score (nSPS) is 34.9. The lowest BCUT2D eigenvalue weighted by molar-refractivity contribution is -0.194. The topological polar surface area (TPSA) is 37.0 Å². The zero-order valence-corrected chi connectivity index (χ0v) is 13.8. The quantitative estimate of drug-likeness (QED) is 0.837. The highest BCUT2D eigenvalue weighted by Gasteiger charge is 2.46. The Morgan fingerprint density at radius 3 is 2.33 bits per heavy atom. The Morgan fingerprint density at radius 1 is 1.10 bits per heavy atom. The van der Waals surface area contributed by atoms with Gasteiger partial charge in [-0.25, -0.2) is 0 Å². The molecule has 0 amide bonds. The maximum atomic E-state index is 5.97. The van der Waals surface area contributed by atoms with Gasteiger partial charge in [-0.05, 0) is 27.3 Å². The molecule has 3 rings (SSSR count). The van der Waals surface area contributed by atoms with Gasteiger partial charge in [-0.2, -0.15) is 0 Å². The molecule has 0 bridgehead atoms. The highest BCUT2D eigenvalue weighted by molar-refractivity contribution is 4.97. The summed E-state index contributed by atoms with van der Waals surface area (Å²) in [7, 11) is 2.09. The van der Waals surface area contributed by atoms with E-state index in [-0.39, 0.29) is 5.79 Å². The van der Waals surface area contributed by atoms with Crippen LogP contribution in [0.15, 0.2) is 0 Å². The molecule has 0 aromatic heterocycles. The molecule has 1 saturated carbocycles. The van der Waals surface area contributed by atoms with Gasteiger partial charge in [-0.1, -0.05) is 0 Å². The summed E-state index contributed by atoms with van der Waals surface area (Å²) in [5.74, 6) is -0.285. The molecule has 1 N–H and O–H groups in total. The summed E-state index contributed by atoms with van der Waals surface area (Å²) in [6.45, 7) is 10.8. The van der Waals surface area contributed by atoms with Gasteiger partial charge in [0.05, 0.1) is 13.2 Å². The van der Waals surface area contributed by atoms with Gasteiger partial charge in [-0.3, -0.25) is 9.80 Å². The van der Waals surface area contributed by atoms with Crippen LogP contribution in [0.2, 0.25) is 0 Å². The first-order valence-electron chi connectivity index (χ1n) is 8.57. The minimum Gasteiger partial charge on any atom is -0.347 e. The van der Waals surface area contributed by atoms with E-state index < -0.39 is 0 Å². The molecule has 1 aliphatic carbocycles. The van der Waals surface area contributed by atoms with Crippen LogP contribution in [0.25, 0.3) is 0 Å². The average Bonchev–Trinajstić information content (AvgIpc) is 2.95. The molecule has 1 spiro atoms. The molecule has 2 unspecified atom stereocenters. The molecule has 3 fully saturated rings.